The van der Waals surface area contributed by atoms with Crippen LogP contribution in [0.2, 0.25) is 0 Å². The second kappa shape index (κ2) is 4.77. The maximum atomic E-state index is 5.00. The van der Waals surface area contributed by atoms with Gasteiger partial charge in [-0.25, -0.2) is 4.68 Å². The van der Waals surface area contributed by atoms with Crippen molar-refractivity contribution in [3.8, 4) is 0 Å². The zero-order chi connectivity index (χ0) is 12.8. The summed E-state index contributed by atoms with van der Waals surface area (Å²) in [6.45, 7) is 3.32. The molecule has 1 saturated heterocycles. The van der Waals surface area contributed by atoms with Crippen LogP contribution in [0, 0.1) is 5.92 Å². The largest absolute Gasteiger partial charge is 0.369 e. The second-order valence-electron chi connectivity index (χ2n) is 6.17. The summed E-state index contributed by atoms with van der Waals surface area (Å²) in [5.74, 6) is 2.59. The first-order chi connectivity index (χ1) is 9.34. The predicted octanol–water partition coefficient (Wildman–Crippen LogP) is 2.88. The molecule has 1 aromatic heterocycles. The number of hydrogen-bond donors (Lipinski definition) is 2. The smallest absolute Gasteiger partial charge is 0.139 e. The first-order valence-electron chi connectivity index (χ1n) is 7.57. The molecule has 1 aliphatic carbocycles. The first-order valence-corrected chi connectivity index (χ1v) is 8.36. The Bertz CT molecular complexity index is 478. The van der Waals surface area contributed by atoms with Crippen LogP contribution in [-0.2, 0) is 0 Å². The highest BCUT2D eigenvalue weighted by molar-refractivity contribution is 9.10. The van der Waals surface area contributed by atoms with Crippen molar-refractivity contribution in [1.82, 2.24) is 15.1 Å². The Balaban J connectivity index is 1.71. The molecule has 1 aromatic rings. The van der Waals surface area contributed by atoms with Crippen molar-refractivity contribution < 1.29 is 0 Å². The van der Waals surface area contributed by atoms with E-state index in [0.29, 0.717) is 17.9 Å². The molecule has 0 radical (unpaired) electrons. The summed E-state index contributed by atoms with van der Waals surface area (Å²) >= 11 is 3.80. The number of fused-ring (bicyclic) bond motifs is 3. The molecule has 3 heterocycles. The van der Waals surface area contributed by atoms with Gasteiger partial charge in [-0.1, -0.05) is 12.8 Å². The van der Waals surface area contributed by atoms with Crippen LogP contribution in [0.1, 0.15) is 49.8 Å². The Morgan fingerprint density at radius 2 is 2.00 bits per heavy atom. The summed E-state index contributed by atoms with van der Waals surface area (Å²) < 4.78 is 3.52. The number of anilines is 1. The zero-order valence-electron chi connectivity index (χ0n) is 11.2. The lowest BCUT2D eigenvalue weighted by atomic mass is 9.92. The van der Waals surface area contributed by atoms with E-state index in [1.165, 1.54) is 48.1 Å². The highest BCUT2D eigenvalue weighted by atomic mass is 79.9. The number of hydrogen-bond acceptors (Lipinski definition) is 3. The third kappa shape index (κ3) is 1.93. The van der Waals surface area contributed by atoms with Crippen molar-refractivity contribution in [2.75, 3.05) is 25.0 Å². The molecule has 0 amide bonds. The van der Waals surface area contributed by atoms with Crippen LogP contribution < -0.4 is 10.6 Å². The number of piperidine rings is 1. The molecule has 0 aromatic carbocycles. The lowest BCUT2D eigenvalue weighted by molar-refractivity contribution is 0.236. The van der Waals surface area contributed by atoms with Gasteiger partial charge in [-0.3, -0.25) is 0 Å². The molecule has 3 aliphatic rings. The van der Waals surface area contributed by atoms with Crippen LogP contribution in [0.5, 0.6) is 0 Å². The molecular weight excluding hydrogens is 304 g/mol. The van der Waals surface area contributed by atoms with Gasteiger partial charge in [0.1, 0.15) is 5.82 Å². The van der Waals surface area contributed by atoms with Crippen LogP contribution >= 0.6 is 15.9 Å². The van der Waals surface area contributed by atoms with E-state index in [-0.39, 0.29) is 0 Å². The van der Waals surface area contributed by atoms with Crippen LogP contribution in [0.3, 0.4) is 0 Å². The lowest BCUT2D eigenvalue weighted by Gasteiger charge is -2.37. The molecule has 2 atom stereocenters. The Labute approximate surface area is 122 Å². The van der Waals surface area contributed by atoms with Gasteiger partial charge >= 0.3 is 0 Å². The van der Waals surface area contributed by atoms with Gasteiger partial charge in [-0.15, -0.1) is 0 Å². The SMILES string of the molecule is Brc1c(C2CCCC2)nn2c1NCC1CNCCC12. The number of halogens is 1. The number of aromatic nitrogens is 2. The molecule has 4 nitrogen and oxygen atoms in total. The van der Waals surface area contributed by atoms with E-state index in [1.807, 2.05) is 0 Å². The summed E-state index contributed by atoms with van der Waals surface area (Å²) in [7, 11) is 0. The van der Waals surface area contributed by atoms with Gasteiger partial charge in [0.2, 0.25) is 0 Å². The van der Waals surface area contributed by atoms with Crippen LogP contribution in [-0.4, -0.2) is 29.4 Å². The predicted molar refractivity (Wildman–Crippen MR) is 79.6 cm³/mol. The van der Waals surface area contributed by atoms with E-state index in [4.69, 9.17) is 5.10 Å². The highest BCUT2D eigenvalue weighted by Gasteiger charge is 2.35. The fraction of sp³-hybridized carbons (Fsp3) is 0.786. The van der Waals surface area contributed by atoms with Gasteiger partial charge < -0.3 is 10.6 Å². The van der Waals surface area contributed by atoms with Gasteiger partial charge in [0.15, 0.2) is 0 Å². The van der Waals surface area contributed by atoms with Crippen molar-refractivity contribution in [3.05, 3.63) is 10.2 Å². The molecule has 5 heteroatoms. The molecule has 19 heavy (non-hydrogen) atoms. The Morgan fingerprint density at radius 1 is 1.16 bits per heavy atom. The van der Waals surface area contributed by atoms with Crippen molar-refractivity contribution >= 4 is 21.7 Å². The fourth-order valence-corrected chi connectivity index (χ4v) is 4.68. The molecule has 0 spiro atoms. The van der Waals surface area contributed by atoms with Crippen molar-refractivity contribution in [2.45, 2.75) is 44.1 Å². The standard InChI is InChI=1S/C14H21BrN4/c15-12-13(9-3-1-2-4-9)18-19-11-5-6-16-7-10(11)8-17-14(12)19/h9-11,16-17H,1-8H2. The Hall–Kier alpha value is -0.550. The molecular formula is C14H21BrN4. The summed E-state index contributed by atoms with van der Waals surface area (Å²) in [5, 5.41) is 12.1. The maximum absolute atomic E-state index is 5.00. The molecule has 0 bridgehead atoms. The first kappa shape index (κ1) is 12.2. The molecule has 1 saturated carbocycles. The van der Waals surface area contributed by atoms with E-state index >= 15 is 0 Å². The maximum Gasteiger partial charge on any atom is 0.139 e. The summed E-state index contributed by atoms with van der Waals surface area (Å²) in [6, 6.07) is 0.587. The van der Waals surface area contributed by atoms with E-state index in [2.05, 4.69) is 31.2 Å². The molecule has 104 valence electrons. The quantitative estimate of drug-likeness (QED) is 0.834. The number of nitrogens with zero attached hydrogens (tertiary/aromatic N) is 2. The molecule has 2 fully saturated rings. The van der Waals surface area contributed by atoms with Crippen LogP contribution in [0.4, 0.5) is 5.82 Å². The van der Waals surface area contributed by atoms with Gasteiger partial charge in [0.05, 0.1) is 16.2 Å². The lowest BCUT2D eigenvalue weighted by Crippen LogP contribution is -2.44. The van der Waals surface area contributed by atoms with Gasteiger partial charge in [0.25, 0.3) is 0 Å². The summed E-state index contributed by atoms with van der Waals surface area (Å²) in [5.41, 5.74) is 1.30. The van der Waals surface area contributed by atoms with Gasteiger partial charge in [-0.2, -0.15) is 5.10 Å². The third-order valence-corrected chi connectivity index (χ3v) is 5.81. The van der Waals surface area contributed by atoms with E-state index in [9.17, 15) is 0 Å². The fourth-order valence-electron chi connectivity index (χ4n) is 3.96. The average Bonchev–Trinajstić information content (AvgIpc) is 3.07. The number of nitrogens with one attached hydrogen (secondary N) is 2. The minimum absolute atomic E-state index is 0.587. The molecule has 2 unspecified atom stereocenters. The Kier molecular flexibility index (Phi) is 3.07. The molecule has 4 rings (SSSR count). The number of rotatable bonds is 1. The van der Waals surface area contributed by atoms with E-state index in [0.717, 1.165) is 19.6 Å². The second-order valence-corrected chi connectivity index (χ2v) is 6.97. The molecule has 2 N–H and O–H groups in total. The Morgan fingerprint density at radius 3 is 2.84 bits per heavy atom. The van der Waals surface area contributed by atoms with Crippen LogP contribution in [0.25, 0.3) is 0 Å². The van der Waals surface area contributed by atoms with Crippen molar-refractivity contribution in [3.63, 3.8) is 0 Å². The minimum Gasteiger partial charge on any atom is -0.369 e. The topological polar surface area (TPSA) is 41.9 Å². The summed E-state index contributed by atoms with van der Waals surface area (Å²) in [4.78, 5) is 0. The van der Waals surface area contributed by atoms with Crippen molar-refractivity contribution in [1.29, 1.82) is 0 Å². The normalized spacial score (nSPS) is 30.8. The zero-order valence-corrected chi connectivity index (χ0v) is 12.7. The molecule has 2 aliphatic heterocycles. The average molecular weight is 325 g/mol. The van der Waals surface area contributed by atoms with Crippen LogP contribution in [0.15, 0.2) is 4.47 Å². The van der Waals surface area contributed by atoms with E-state index < -0.39 is 0 Å². The van der Waals surface area contributed by atoms with E-state index in [1.54, 1.807) is 0 Å². The van der Waals surface area contributed by atoms with Gasteiger partial charge in [0, 0.05) is 24.9 Å². The van der Waals surface area contributed by atoms with Crippen molar-refractivity contribution in [2.24, 2.45) is 5.92 Å². The highest BCUT2D eigenvalue weighted by Crippen LogP contribution is 2.43. The van der Waals surface area contributed by atoms with Gasteiger partial charge in [-0.05, 0) is 41.7 Å². The monoisotopic (exact) mass is 324 g/mol. The minimum atomic E-state index is 0.587. The third-order valence-electron chi connectivity index (χ3n) is 5.03. The summed E-state index contributed by atoms with van der Waals surface area (Å²) in [6.07, 6.45) is 6.55.